The second kappa shape index (κ2) is 14.2. The summed E-state index contributed by atoms with van der Waals surface area (Å²) in [6, 6.07) is 33.2. The zero-order chi connectivity index (χ0) is 31.8. The number of rotatable bonds is 15. The fourth-order valence-corrected chi connectivity index (χ4v) is 5.88. The number of fused-ring (bicyclic) bond motifs is 3. The molecule has 1 aliphatic rings. The number of allylic oxidation sites excluding steroid dienone is 1. The Labute approximate surface area is 264 Å². The van der Waals surface area contributed by atoms with Crippen LogP contribution in [-0.2, 0) is 19.7 Å². The second-order valence-electron chi connectivity index (χ2n) is 11.3. The SMILES string of the molecule is C=CC(=O)CCC(O)COc1ccc(C2(c3ccc(OCC(C)COC(=O)C=C)cc3)c3ccccc3-c3ccccc32)cc1. The normalized spacial score (nSPS) is 13.9. The molecule has 0 bridgehead atoms. The van der Waals surface area contributed by atoms with E-state index < -0.39 is 17.5 Å². The van der Waals surface area contributed by atoms with Crippen LogP contribution in [0.5, 0.6) is 11.5 Å². The van der Waals surface area contributed by atoms with Crippen LogP contribution in [0.3, 0.4) is 0 Å². The Morgan fingerprint density at radius 1 is 0.733 bits per heavy atom. The van der Waals surface area contributed by atoms with Gasteiger partial charge in [0.2, 0.25) is 0 Å². The van der Waals surface area contributed by atoms with Crippen molar-refractivity contribution < 1.29 is 28.9 Å². The first-order valence-electron chi connectivity index (χ1n) is 15.2. The molecule has 4 aromatic rings. The van der Waals surface area contributed by atoms with Crippen molar-refractivity contribution in [2.45, 2.75) is 31.3 Å². The maximum Gasteiger partial charge on any atom is 0.330 e. The molecule has 0 heterocycles. The first-order chi connectivity index (χ1) is 21.9. The van der Waals surface area contributed by atoms with E-state index >= 15 is 0 Å². The molecule has 6 nitrogen and oxygen atoms in total. The molecule has 0 spiro atoms. The molecule has 0 fully saturated rings. The largest absolute Gasteiger partial charge is 0.493 e. The molecule has 2 unspecified atom stereocenters. The van der Waals surface area contributed by atoms with Gasteiger partial charge in [-0.2, -0.15) is 0 Å². The molecular weight excluding hydrogens is 564 g/mol. The Kier molecular flexibility index (Phi) is 9.95. The van der Waals surface area contributed by atoms with Gasteiger partial charge in [-0.3, -0.25) is 4.79 Å². The first-order valence-corrected chi connectivity index (χ1v) is 15.2. The highest BCUT2D eigenvalue weighted by Crippen LogP contribution is 2.56. The van der Waals surface area contributed by atoms with Gasteiger partial charge in [0.25, 0.3) is 0 Å². The summed E-state index contributed by atoms with van der Waals surface area (Å²) in [6.07, 6.45) is 2.24. The number of carbonyl (C=O) groups excluding carboxylic acids is 2. The predicted octanol–water partition coefficient (Wildman–Crippen LogP) is 7.07. The number of hydrogen-bond acceptors (Lipinski definition) is 6. The van der Waals surface area contributed by atoms with Gasteiger partial charge in [0.05, 0.1) is 24.7 Å². The van der Waals surface area contributed by atoms with Gasteiger partial charge in [-0.25, -0.2) is 4.79 Å². The summed E-state index contributed by atoms with van der Waals surface area (Å²) in [5.74, 6) is 0.848. The van der Waals surface area contributed by atoms with Crippen LogP contribution in [-0.4, -0.2) is 42.8 Å². The maximum atomic E-state index is 11.5. The number of aliphatic hydroxyl groups excluding tert-OH is 1. The van der Waals surface area contributed by atoms with Crippen molar-refractivity contribution in [3.8, 4) is 22.6 Å². The Balaban J connectivity index is 1.43. The quantitative estimate of drug-likeness (QED) is 0.102. The monoisotopic (exact) mass is 602 g/mol. The summed E-state index contributed by atoms with van der Waals surface area (Å²) in [7, 11) is 0. The number of carbonyl (C=O) groups is 2. The van der Waals surface area contributed by atoms with Crippen molar-refractivity contribution in [2.75, 3.05) is 19.8 Å². The molecule has 4 aromatic carbocycles. The average molecular weight is 603 g/mol. The van der Waals surface area contributed by atoms with Crippen LogP contribution in [0.2, 0.25) is 0 Å². The third-order valence-corrected chi connectivity index (χ3v) is 8.13. The number of aliphatic hydroxyl groups is 1. The molecule has 0 saturated heterocycles. The van der Waals surface area contributed by atoms with Gasteiger partial charge < -0.3 is 19.3 Å². The zero-order valence-electron chi connectivity index (χ0n) is 25.5. The lowest BCUT2D eigenvalue weighted by Gasteiger charge is -2.34. The van der Waals surface area contributed by atoms with Crippen LogP contribution >= 0.6 is 0 Å². The molecule has 2 atom stereocenters. The fourth-order valence-electron chi connectivity index (χ4n) is 5.88. The summed E-state index contributed by atoms with van der Waals surface area (Å²) in [4.78, 5) is 22.9. The standard InChI is InChI=1S/C39H38O6/c1-4-30(40)18-19-31(41)26-44-33-22-16-29(17-23-33)39(36-12-8-6-10-34(36)35-11-7-9-13-37(35)39)28-14-20-32(21-15-28)43-24-27(3)25-45-38(42)5-2/h4-17,20-23,27,31,41H,1-2,18-19,24-26H2,3H3. The number of ketones is 1. The Morgan fingerprint density at radius 2 is 1.24 bits per heavy atom. The van der Waals surface area contributed by atoms with Gasteiger partial charge in [0, 0.05) is 18.4 Å². The second-order valence-corrected chi connectivity index (χ2v) is 11.3. The number of esters is 1. The molecule has 0 saturated carbocycles. The van der Waals surface area contributed by atoms with E-state index in [0.717, 1.165) is 23.0 Å². The minimum Gasteiger partial charge on any atom is -0.493 e. The fraction of sp³-hybridized carbons (Fsp3) is 0.231. The van der Waals surface area contributed by atoms with E-state index in [-0.39, 0.29) is 31.3 Å². The number of hydrogen-bond donors (Lipinski definition) is 1. The highest BCUT2D eigenvalue weighted by molar-refractivity contribution is 5.89. The molecule has 230 valence electrons. The van der Waals surface area contributed by atoms with Crippen molar-refractivity contribution in [1.82, 2.24) is 0 Å². The summed E-state index contributed by atoms with van der Waals surface area (Å²) < 4.78 is 17.1. The van der Waals surface area contributed by atoms with Crippen molar-refractivity contribution in [3.63, 3.8) is 0 Å². The van der Waals surface area contributed by atoms with Gasteiger partial charge >= 0.3 is 5.97 Å². The van der Waals surface area contributed by atoms with E-state index in [1.54, 1.807) is 0 Å². The molecule has 0 radical (unpaired) electrons. The van der Waals surface area contributed by atoms with E-state index in [4.69, 9.17) is 14.2 Å². The van der Waals surface area contributed by atoms with E-state index in [1.165, 1.54) is 28.3 Å². The Morgan fingerprint density at radius 3 is 1.76 bits per heavy atom. The molecule has 0 aliphatic heterocycles. The Bertz CT molecular complexity index is 1530. The van der Waals surface area contributed by atoms with E-state index in [2.05, 4.69) is 86.0 Å². The minimum atomic E-state index is -0.751. The third-order valence-electron chi connectivity index (χ3n) is 8.13. The van der Waals surface area contributed by atoms with Crippen LogP contribution in [0.4, 0.5) is 0 Å². The van der Waals surface area contributed by atoms with E-state index in [0.29, 0.717) is 18.8 Å². The van der Waals surface area contributed by atoms with Crippen molar-refractivity contribution >= 4 is 11.8 Å². The lowest BCUT2D eigenvalue weighted by atomic mass is 9.68. The predicted molar refractivity (Wildman–Crippen MR) is 176 cm³/mol. The van der Waals surface area contributed by atoms with Crippen LogP contribution in [0.25, 0.3) is 11.1 Å². The average Bonchev–Trinajstić information content (AvgIpc) is 3.39. The highest BCUT2D eigenvalue weighted by atomic mass is 16.5. The lowest BCUT2D eigenvalue weighted by molar-refractivity contribution is -0.139. The molecule has 1 aliphatic carbocycles. The van der Waals surface area contributed by atoms with E-state index in [1.807, 2.05) is 31.2 Å². The maximum absolute atomic E-state index is 11.5. The van der Waals surface area contributed by atoms with Gasteiger partial charge in [-0.05, 0) is 70.1 Å². The lowest BCUT2D eigenvalue weighted by Crippen LogP contribution is -2.28. The number of benzene rings is 4. The highest BCUT2D eigenvalue weighted by Gasteiger charge is 2.45. The van der Waals surface area contributed by atoms with Crippen LogP contribution in [0, 0.1) is 5.92 Å². The molecular formula is C39H38O6. The smallest absolute Gasteiger partial charge is 0.330 e. The van der Waals surface area contributed by atoms with Gasteiger partial charge in [-0.1, -0.05) is 92.9 Å². The third kappa shape index (κ3) is 6.76. The zero-order valence-corrected chi connectivity index (χ0v) is 25.5. The topological polar surface area (TPSA) is 82.1 Å². The van der Waals surface area contributed by atoms with E-state index in [9.17, 15) is 14.7 Å². The number of ether oxygens (including phenoxy) is 3. The summed E-state index contributed by atoms with van der Waals surface area (Å²) in [6.45, 7) is 9.62. The first kappa shape index (κ1) is 31.5. The summed E-state index contributed by atoms with van der Waals surface area (Å²) >= 11 is 0. The minimum absolute atomic E-state index is 0.0185. The molecule has 1 N–H and O–H groups in total. The van der Waals surface area contributed by atoms with Gasteiger partial charge in [-0.15, -0.1) is 0 Å². The van der Waals surface area contributed by atoms with Crippen LogP contribution < -0.4 is 9.47 Å². The van der Waals surface area contributed by atoms with Crippen LogP contribution in [0.15, 0.2) is 122 Å². The molecule has 45 heavy (non-hydrogen) atoms. The van der Waals surface area contributed by atoms with Crippen molar-refractivity contribution in [2.24, 2.45) is 5.92 Å². The Hall–Kier alpha value is -4.94. The molecule has 6 heteroatoms. The summed E-state index contributed by atoms with van der Waals surface area (Å²) in [5, 5.41) is 10.3. The van der Waals surface area contributed by atoms with Crippen molar-refractivity contribution in [1.29, 1.82) is 0 Å². The van der Waals surface area contributed by atoms with Gasteiger partial charge in [0.15, 0.2) is 5.78 Å². The summed E-state index contributed by atoms with van der Waals surface area (Å²) in [5.41, 5.74) is 6.35. The van der Waals surface area contributed by atoms with Gasteiger partial charge in [0.1, 0.15) is 18.1 Å². The molecule has 0 amide bonds. The van der Waals surface area contributed by atoms with Crippen LogP contribution in [0.1, 0.15) is 42.0 Å². The molecule has 0 aromatic heterocycles. The van der Waals surface area contributed by atoms with Crippen molar-refractivity contribution in [3.05, 3.63) is 145 Å². The molecule has 5 rings (SSSR count).